The number of carbonyl (C=O) groups is 2. The number of non-ortho nitro benzene ring substituents is 1. The van der Waals surface area contributed by atoms with Crippen molar-refractivity contribution in [2.45, 2.75) is 19.4 Å². The van der Waals surface area contributed by atoms with Crippen LogP contribution in [0.3, 0.4) is 0 Å². The van der Waals surface area contributed by atoms with Gasteiger partial charge in [-0.25, -0.2) is 0 Å². The maximum atomic E-state index is 13.0. The van der Waals surface area contributed by atoms with Crippen molar-refractivity contribution in [1.82, 2.24) is 14.7 Å². The van der Waals surface area contributed by atoms with Crippen molar-refractivity contribution in [2.24, 2.45) is 5.92 Å². The van der Waals surface area contributed by atoms with Crippen molar-refractivity contribution in [2.75, 3.05) is 39.3 Å². The van der Waals surface area contributed by atoms with E-state index in [0.717, 1.165) is 32.7 Å². The van der Waals surface area contributed by atoms with Crippen molar-refractivity contribution < 1.29 is 14.5 Å². The third-order valence-corrected chi connectivity index (χ3v) is 6.39. The number of carbonyl (C=O) groups excluding carboxylic acids is 2. The van der Waals surface area contributed by atoms with Crippen molar-refractivity contribution in [3.05, 3.63) is 75.8 Å². The second-order valence-corrected chi connectivity index (χ2v) is 8.46. The van der Waals surface area contributed by atoms with E-state index in [2.05, 4.69) is 17.0 Å². The van der Waals surface area contributed by atoms with E-state index in [1.54, 1.807) is 4.90 Å². The zero-order valence-electron chi connectivity index (χ0n) is 18.1. The van der Waals surface area contributed by atoms with Crippen LogP contribution in [0.15, 0.2) is 54.6 Å². The molecule has 2 aliphatic heterocycles. The molecule has 0 saturated carbocycles. The molecule has 2 fully saturated rings. The van der Waals surface area contributed by atoms with Gasteiger partial charge in [0.1, 0.15) is 0 Å². The third-order valence-electron chi connectivity index (χ3n) is 6.39. The Labute approximate surface area is 187 Å². The normalized spacial score (nSPS) is 17.9. The van der Waals surface area contributed by atoms with E-state index in [0.29, 0.717) is 31.5 Å². The maximum Gasteiger partial charge on any atom is 0.269 e. The molecular formula is C24H28N4O4. The van der Waals surface area contributed by atoms with Gasteiger partial charge in [-0.15, -0.1) is 0 Å². The average molecular weight is 437 g/mol. The average Bonchev–Trinajstić information content (AvgIpc) is 2.84. The number of likely N-dealkylation sites (tertiary alicyclic amines) is 1. The third kappa shape index (κ3) is 5.13. The predicted molar refractivity (Wildman–Crippen MR) is 120 cm³/mol. The highest BCUT2D eigenvalue weighted by Crippen LogP contribution is 2.23. The van der Waals surface area contributed by atoms with Crippen LogP contribution < -0.4 is 0 Å². The number of nitro benzene ring substituents is 1. The predicted octanol–water partition coefficient (Wildman–Crippen LogP) is 2.79. The lowest BCUT2D eigenvalue weighted by molar-refractivity contribution is -0.384. The fraction of sp³-hybridized carbons (Fsp3) is 0.417. The summed E-state index contributed by atoms with van der Waals surface area (Å²) in [6, 6.07) is 16.1. The number of piperidine rings is 1. The number of hydrogen-bond donors (Lipinski definition) is 0. The summed E-state index contributed by atoms with van der Waals surface area (Å²) in [5, 5.41) is 10.8. The molecule has 2 aliphatic rings. The summed E-state index contributed by atoms with van der Waals surface area (Å²) in [5.41, 5.74) is 1.70. The molecule has 0 bridgehead atoms. The Bertz CT molecular complexity index is 948. The fourth-order valence-corrected chi connectivity index (χ4v) is 4.46. The summed E-state index contributed by atoms with van der Waals surface area (Å²) in [7, 11) is 0. The molecule has 168 valence electrons. The number of nitrogens with zero attached hydrogens (tertiary/aromatic N) is 4. The van der Waals surface area contributed by atoms with E-state index in [4.69, 9.17) is 0 Å². The van der Waals surface area contributed by atoms with E-state index in [-0.39, 0.29) is 23.4 Å². The number of piperazine rings is 1. The van der Waals surface area contributed by atoms with Crippen LogP contribution in [0.2, 0.25) is 0 Å². The molecule has 0 atom stereocenters. The SMILES string of the molecule is O=C(c1ccc([N+](=O)[O-])cc1)N1CCC(C(=O)N2CCN(Cc3ccccc3)CC2)CC1. The van der Waals surface area contributed by atoms with E-state index in [9.17, 15) is 19.7 Å². The van der Waals surface area contributed by atoms with Gasteiger partial charge in [0.15, 0.2) is 0 Å². The minimum Gasteiger partial charge on any atom is -0.340 e. The molecule has 2 heterocycles. The summed E-state index contributed by atoms with van der Waals surface area (Å²) in [6.07, 6.45) is 1.31. The first-order chi connectivity index (χ1) is 15.5. The zero-order chi connectivity index (χ0) is 22.5. The van der Waals surface area contributed by atoms with Crippen molar-refractivity contribution >= 4 is 17.5 Å². The molecule has 0 aliphatic carbocycles. The first-order valence-corrected chi connectivity index (χ1v) is 11.1. The van der Waals surface area contributed by atoms with Gasteiger partial charge in [-0.1, -0.05) is 30.3 Å². The lowest BCUT2D eigenvalue weighted by Crippen LogP contribution is -2.51. The molecule has 2 aromatic carbocycles. The van der Waals surface area contributed by atoms with Crippen LogP contribution in [-0.2, 0) is 11.3 Å². The quantitative estimate of drug-likeness (QED) is 0.531. The monoisotopic (exact) mass is 436 g/mol. The second-order valence-electron chi connectivity index (χ2n) is 8.46. The Morgan fingerprint density at radius 2 is 1.47 bits per heavy atom. The smallest absolute Gasteiger partial charge is 0.269 e. The van der Waals surface area contributed by atoms with Crippen LogP contribution in [-0.4, -0.2) is 70.7 Å². The number of rotatable bonds is 5. The standard InChI is InChI=1S/C24H28N4O4/c29-23(20-6-8-22(9-7-20)28(31)32)26-12-10-21(11-13-26)24(30)27-16-14-25(15-17-27)18-19-4-2-1-3-5-19/h1-9,21H,10-18H2. The number of nitro groups is 1. The van der Waals surface area contributed by atoms with E-state index in [1.807, 2.05) is 23.1 Å². The summed E-state index contributed by atoms with van der Waals surface area (Å²) >= 11 is 0. The molecule has 4 rings (SSSR count). The molecular weight excluding hydrogens is 408 g/mol. The Kier molecular flexibility index (Phi) is 6.80. The van der Waals surface area contributed by atoms with Gasteiger partial charge in [0.25, 0.3) is 11.6 Å². The van der Waals surface area contributed by atoms with E-state index >= 15 is 0 Å². The van der Waals surface area contributed by atoms with Crippen LogP contribution in [0.1, 0.15) is 28.8 Å². The van der Waals surface area contributed by atoms with Gasteiger partial charge in [-0.05, 0) is 30.5 Å². The van der Waals surface area contributed by atoms with Gasteiger partial charge < -0.3 is 9.80 Å². The summed E-state index contributed by atoms with van der Waals surface area (Å²) in [5.74, 6) is 0.0173. The number of benzene rings is 2. The first-order valence-electron chi connectivity index (χ1n) is 11.1. The molecule has 32 heavy (non-hydrogen) atoms. The molecule has 8 heteroatoms. The fourth-order valence-electron chi connectivity index (χ4n) is 4.46. The van der Waals surface area contributed by atoms with Gasteiger partial charge in [0.05, 0.1) is 4.92 Å². The van der Waals surface area contributed by atoms with E-state index in [1.165, 1.54) is 29.8 Å². The highest BCUT2D eigenvalue weighted by molar-refractivity contribution is 5.94. The Balaban J connectivity index is 1.24. The van der Waals surface area contributed by atoms with Gasteiger partial charge in [0, 0.05) is 69.4 Å². The topological polar surface area (TPSA) is 87.0 Å². The minimum atomic E-state index is -0.479. The van der Waals surface area contributed by atoms with Crippen LogP contribution in [0.5, 0.6) is 0 Å². The molecule has 8 nitrogen and oxygen atoms in total. The zero-order valence-corrected chi connectivity index (χ0v) is 18.1. The highest BCUT2D eigenvalue weighted by Gasteiger charge is 2.32. The molecule has 0 spiro atoms. The number of hydrogen-bond acceptors (Lipinski definition) is 5. The van der Waals surface area contributed by atoms with Crippen LogP contribution >= 0.6 is 0 Å². The Morgan fingerprint density at radius 1 is 0.844 bits per heavy atom. The minimum absolute atomic E-state index is 0.0327. The van der Waals surface area contributed by atoms with Gasteiger partial charge >= 0.3 is 0 Å². The summed E-state index contributed by atoms with van der Waals surface area (Å²) < 4.78 is 0. The van der Waals surface area contributed by atoms with Gasteiger partial charge in [-0.2, -0.15) is 0 Å². The Morgan fingerprint density at radius 3 is 2.06 bits per heavy atom. The van der Waals surface area contributed by atoms with Crippen molar-refractivity contribution in [3.8, 4) is 0 Å². The van der Waals surface area contributed by atoms with Crippen LogP contribution in [0, 0.1) is 16.0 Å². The molecule has 2 saturated heterocycles. The highest BCUT2D eigenvalue weighted by atomic mass is 16.6. The molecule has 2 amide bonds. The number of amides is 2. The molecule has 0 N–H and O–H groups in total. The Hall–Kier alpha value is -3.26. The summed E-state index contributed by atoms with van der Waals surface area (Å²) in [6.45, 7) is 5.20. The summed E-state index contributed by atoms with van der Waals surface area (Å²) in [4.78, 5) is 42.1. The van der Waals surface area contributed by atoms with Gasteiger partial charge in [-0.3, -0.25) is 24.6 Å². The lowest BCUT2D eigenvalue weighted by Gasteiger charge is -2.38. The first kappa shape index (κ1) is 22.0. The van der Waals surface area contributed by atoms with Gasteiger partial charge in [0.2, 0.25) is 5.91 Å². The molecule has 0 unspecified atom stereocenters. The van der Waals surface area contributed by atoms with Crippen molar-refractivity contribution in [1.29, 1.82) is 0 Å². The van der Waals surface area contributed by atoms with Crippen molar-refractivity contribution in [3.63, 3.8) is 0 Å². The molecule has 0 aromatic heterocycles. The van der Waals surface area contributed by atoms with Crippen LogP contribution in [0.4, 0.5) is 5.69 Å². The van der Waals surface area contributed by atoms with Crippen LogP contribution in [0.25, 0.3) is 0 Å². The molecule has 0 radical (unpaired) electrons. The molecule has 2 aromatic rings. The lowest BCUT2D eigenvalue weighted by atomic mass is 9.94. The largest absolute Gasteiger partial charge is 0.340 e. The second kappa shape index (κ2) is 9.91. The maximum absolute atomic E-state index is 13.0. The van der Waals surface area contributed by atoms with E-state index < -0.39 is 4.92 Å².